The van der Waals surface area contributed by atoms with Gasteiger partial charge in [0.15, 0.2) is 0 Å². The van der Waals surface area contributed by atoms with Gasteiger partial charge in [-0.2, -0.15) is 0 Å². The number of furan rings is 1. The number of carbonyl (C=O) groups is 1. The molecule has 0 saturated carbocycles. The fourth-order valence-corrected chi connectivity index (χ4v) is 2.95. The van der Waals surface area contributed by atoms with E-state index in [0.717, 1.165) is 25.4 Å². The summed E-state index contributed by atoms with van der Waals surface area (Å²) in [5.74, 6) is 1.20. The first-order valence-corrected chi connectivity index (χ1v) is 7.32. The molecule has 0 bridgehead atoms. The van der Waals surface area contributed by atoms with Gasteiger partial charge in [-0.25, -0.2) is 0 Å². The van der Waals surface area contributed by atoms with Gasteiger partial charge < -0.3 is 19.2 Å². The molecule has 5 heteroatoms. The first-order valence-electron chi connectivity index (χ1n) is 7.32. The van der Waals surface area contributed by atoms with Crippen LogP contribution in [0.4, 0.5) is 0 Å². The summed E-state index contributed by atoms with van der Waals surface area (Å²) < 4.78 is 7.48. The number of rotatable bonds is 4. The predicted octanol–water partition coefficient (Wildman–Crippen LogP) is 1.85. The average molecular weight is 287 g/mol. The normalized spacial score (nSPS) is 19.0. The Morgan fingerprint density at radius 2 is 2.29 bits per heavy atom. The number of carbonyl (C=O) groups excluding carboxylic acids is 1. The third-order valence-electron chi connectivity index (χ3n) is 3.89. The van der Waals surface area contributed by atoms with Crippen molar-refractivity contribution in [2.75, 3.05) is 13.6 Å². The molecule has 0 fully saturated rings. The summed E-state index contributed by atoms with van der Waals surface area (Å²) in [7, 11) is 2.11. The Balaban J connectivity index is 1.55. The quantitative estimate of drug-likeness (QED) is 0.933. The molecule has 0 saturated heterocycles. The van der Waals surface area contributed by atoms with Crippen LogP contribution < -0.4 is 5.32 Å². The molecule has 5 nitrogen and oxygen atoms in total. The number of aromatic nitrogens is 1. The largest absolute Gasteiger partial charge is 0.467 e. The van der Waals surface area contributed by atoms with Crippen LogP contribution in [0.2, 0.25) is 0 Å². The number of nitrogens with zero attached hydrogens (tertiary/aromatic N) is 2. The van der Waals surface area contributed by atoms with E-state index in [4.69, 9.17) is 4.42 Å². The van der Waals surface area contributed by atoms with E-state index in [9.17, 15) is 4.79 Å². The van der Waals surface area contributed by atoms with Crippen LogP contribution in [-0.2, 0) is 24.4 Å². The van der Waals surface area contributed by atoms with Gasteiger partial charge in [0.1, 0.15) is 5.76 Å². The van der Waals surface area contributed by atoms with Gasteiger partial charge in [0.05, 0.1) is 12.8 Å². The summed E-state index contributed by atoms with van der Waals surface area (Å²) in [6.07, 6.45) is 4.26. The highest BCUT2D eigenvalue weighted by molar-refractivity contribution is 5.76. The van der Waals surface area contributed by atoms with E-state index >= 15 is 0 Å². The first-order chi connectivity index (χ1) is 10.2. The lowest BCUT2D eigenvalue weighted by molar-refractivity contribution is -0.122. The molecule has 1 aliphatic rings. The van der Waals surface area contributed by atoms with E-state index in [1.54, 1.807) is 6.26 Å². The molecule has 1 N–H and O–H groups in total. The lowest BCUT2D eigenvalue weighted by Crippen LogP contribution is -2.30. The number of fused-ring (bicyclic) bond motifs is 1. The minimum atomic E-state index is 0.0837. The highest BCUT2D eigenvalue weighted by Crippen LogP contribution is 2.18. The van der Waals surface area contributed by atoms with E-state index in [1.807, 2.05) is 12.1 Å². The van der Waals surface area contributed by atoms with Crippen molar-refractivity contribution in [3.63, 3.8) is 0 Å². The molecule has 0 aromatic carbocycles. The van der Waals surface area contributed by atoms with Crippen molar-refractivity contribution in [2.45, 2.75) is 26.1 Å². The topological polar surface area (TPSA) is 50.4 Å². The molecular formula is C16H21N3O2. The average Bonchev–Trinajstić information content (AvgIpc) is 3.06. The zero-order valence-corrected chi connectivity index (χ0v) is 12.3. The maximum Gasteiger partial charge on any atom is 0.220 e. The summed E-state index contributed by atoms with van der Waals surface area (Å²) in [4.78, 5) is 14.4. The lowest BCUT2D eigenvalue weighted by atomic mass is 10.0. The van der Waals surface area contributed by atoms with Gasteiger partial charge >= 0.3 is 0 Å². The smallest absolute Gasteiger partial charge is 0.220 e. The van der Waals surface area contributed by atoms with Gasteiger partial charge in [-0.15, -0.1) is 0 Å². The van der Waals surface area contributed by atoms with Crippen LogP contribution in [-0.4, -0.2) is 29.0 Å². The number of amides is 1. The van der Waals surface area contributed by atoms with E-state index < -0.39 is 0 Å². The van der Waals surface area contributed by atoms with E-state index in [1.165, 1.54) is 5.69 Å². The zero-order valence-electron chi connectivity index (χ0n) is 12.3. The van der Waals surface area contributed by atoms with Crippen LogP contribution >= 0.6 is 0 Å². The molecular weight excluding hydrogens is 266 g/mol. The van der Waals surface area contributed by atoms with Gasteiger partial charge in [0.2, 0.25) is 5.91 Å². The second-order valence-corrected chi connectivity index (χ2v) is 5.77. The summed E-state index contributed by atoms with van der Waals surface area (Å²) >= 11 is 0. The minimum Gasteiger partial charge on any atom is -0.467 e. The van der Waals surface area contributed by atoms with Gasteiger partial charge in [-0.1, -0.05) is 0 Å². The minimum absolute atomic E-state index is 0.0837. The van der Waals surface area contributed by atoms with Gasteiger partial charge in [-0.3, -0.25) is 4.79 Å². The molecule has 112 valence electrons. The number of hydrogen-bond acceptors (Lipinski definition) is 3. The Labute approximate surface area is 124 Å². The Morgan fingerprint density at radius 3 is 3.10 bits per heavy atom. The van der Waals surface area contributed by atoms with E-state index in [-0.39, 0.29) is 5.91 Å². The number of nitrogens with one attached hydrogen (secondary N) is 1. The SMILES string of the molecule is CN1Cc2cccn2C[C@H](CC(=O)NCc2ccco2)C1. The lowest BCUT2D eigenvalue weighted by Gasteiger charge is -2.19. The fraction of sp³-hybridized carbons (Fsp3) is 0.438. The second kappa shape index (κ2) is 6.18. The van der Waals surface area contributed by atoms with Crippen molar-refractivity contribution < 1.29 is 9.21 Å². The molecule has 0 radical (unpaired) electrons. The molecule has 3 rings (SSSR count). The van der Waals surface area contributed by atoms with Crippen molar-refractivity contribution in [1.29, 1.82) is 0 Å². The molecule has 0 unspecified atom stereocenters. The summed E-state index contributed by atoms with van der Waals surface area (Å²) in [5, 5.41) is 2.92. The monoisotopic (exact) mass is 287 g/mol. The van der Waals surface area contributed by atoms with Crippen molar-refractivity contribution in [1.82, 2.24) is 14.8 Å². The molecule has 0 spiro atoms. The Hall–Kier alpha value is -2.01. The Kier molecular flexibility index (Phi) is 4.10. The van der Waals surface area contributed by atoms with Crippen molar-refractivity contribution in [3.05, 3.63) is 48.2 Å². The van der Waals surface area contributed by atoms with Crippen LogP contribution in [0.3, 0.4) is 0 Å². The van der Waals surface area contributed by atoms with E-state index in [2.05, 4.69) is 40.2 Å². The molecule has 2 aromatic rings. The van der Waals surface area contributed by atoms with Crippen molar-refractivity contribution >= 4 is 5.91 Å². The molecule has 2 aromatic heterocycles. The van der Waals surface area contributed by atoms with Gasteiger partial charge in [0, 0.05) is 37.9 Å². The fourth-order valence-electron chi connectivity index (χ4n) is 2.95. The third kappa shape index (κ3) is 3.55. The predicted molar refractivity (Wildman–Crippen MR) is 79.4 cm³/mol. The highest BCUT2D eigenvalue weighted by Gasteiger charge is 2.21. The summed E-state index contributed by atoms with van der Waals surface area (Å²) in [6.45, 7) is 3.25. The van der Waals surface area contributed by atoms with Gasteiger partial charge in [-0.05, 0) is 37.2 Å². The molecule has 0 aliphatic carbocycles. The second-order valence-electron chi connectivity index (χ2n) is 5.77. The Morgan fingerprint density at radius 1 is 1.38 bits per heavy atom. The van der Waals surface area contributed by atoms with Gasteiger partial charge in [0.25, 0.3) is 0 Å². The summed E-state index contributed by atoms with van der Waals surface area (Å²) in [5.41, 5.74) is 1.32. The molecule has 3 heterocycles. The van der Waals surface area contributed by atoms with Crippen LogP contribution in [0.5, 0.6) is 0 Å². The van der Waals surface area contributed by atoms with Crippen LogP contribution in [0, 0.1) is 5.92 Å². The Bertz CT molecular complexity index is 588. The van der Waals surface area contributed by atoms with Crippen molar-refractivity contribution in [3.8, 4) is 0 Å². The maximum absolute atomic E-state index is 12.1. The van der Waals surface area contributed by atoms with Crippen molar-refractivity contribution in [2.24, 2.45) is 5.92 Å². The van der Waals surface area contributed by atoms with E-state index in [0.29, 0.717) is 18.9 Å². The highest BCUT2D eigenvalue weighted by atomic mass is 16.3. The summed E-state index contributed by atoms with van der Waals surface area (Å²) in [6, 6.07) is 7.92. The molecule has 21 heavy (non-hydrogen) atoms. The van der Waals surface area contributed by atoms with Crippen LogP contribution in [0.15, 0.2) is 41.1 Å². The maximum atomic E-state index is 12.1. The van der Waals surface area contributed by atoms with Crippen LogP contribution in [0.25, 0.3) is 0 Å². The number of hydrogen-bond donors (Lipinski definition) is 1. The van der Waals surface area contributed by atoms with Crippen LogP contribution in [0.1, 0.15) is 17.9 Å². The standard InChI is InChI=1S/C16H21N3O2/c1-18-10-13(11-19-6-2-4-14(19)12-18)8-16(20)17-9-15-5-3-7-21-15/h2-7,13H,8-12H2,1H3,(H,17,20)/t13-/m1/s1. The molecule has 1 atom stereocenters. The molecule has 1 amide bonds. The zero-order chi connectivity index (χ0) is 14.7. The molecule has 1 aliphatic heterocycles. The third-order valence-corrected chi connectivity index (χ3v) is 3.89. The first kappa shape index (κ1) is 13.9.